The van der Waals surface area contributed by atoms with Gasteiger partial charge in [0.05, 0.1) is 31.1 Å². The monoisotopic (exact) mass is 557 g/mol. The van der Waals surface area contributed by atoms with Crippen LogP contribution in [0.5, 0.6) is 0 Å². The number of nitrogens with one attached hydrogen (secondary N) is 1. The van der Waals surface area contributed by atoms with Gasteiger partial charge in [0.1, 0.15) is 11.9 Å². The number of hydrogen-bond acceptors (Lipinski definition) is 10. The van der Waals surface area contributed by atoms with E-state index in [0.29, 0.717) is 18.2 Å². The van der Waals surface area contributed by atoms with Crippen LogP contribution in [-0.2, 0) is 24.0 Å². The Morgan fingerprint density at radius 1 is 1.24 bits per heavy atom. The van der Waals surface area contributed by atoms with Crippen molar-refractivity contribution in [2.45, 2.75) is 25.4 Å². The number of rotatable bonds is 7. The van der Waals surface area contributed by atoms with Gasteiger partial charge in [0, 0.05) is 31.1 Å². The number of anilines is 3. The van der Waals surface area contributed by atoms with Gasteiger partial charge in [-0.2, -0.15) is 9.59 Å². The molecule has 2 aliphatic rings. The molecule has 1 aromatic carbocycles. The molecule has 1 aromatic heterocycles. The van der Waals surface area contributed by atoms with Gasteiger partial charge in [0.2, 0.25) is 0 Å². The Kier molecular flexibility index (Phi) is 10.2. The summed E-state index contributed by atoms with van der Waals surface area (Å²) in [6.07, 6.45) is -3.17. The number of carbonyl (C=O) groups excluding carboxylic acids is 5. The minimum absolute atomic E-state index is 0.0227. The number of urea groups is 1. The van der Waals surface area contributed by atoms with Crippen molar-refractivity contribution < 1.29 is 46.7 Å². The topological polar surface area (TPSA) is 138 Å². The fraction of sp³-hybridized carbons (Fsp3) is 0.409. The van der Waals surface area contributed by atoms with E-state index in [1.165, 1.54) is 28.4 Å². The van der Waals surface area contributed by atoms with Crippen molar-refractivity contribution in [3.63, 3.8) is 0 Å². The van der Waals surface area contributed by atoms with Crippen molar-refractivity contribution in [3.8, 4) is 0 Å². The zero-order chi connectivity index (χ0) is 27.7. The Morgan fingerprint density at radius 2 is 2.00 bits per heavy atom. The maximum absolute atomic E-state index is 15.0. The Bertz CT molecular complexity index is 1160. The van der Waals surface area contributed by atoms with Gasteiger partial charge in [-0.15, -0.1) is 11.3 Å². The molecule has 204 valence electrons. The van der Waals surface area contributed by atoms with E-state index in [0.717, 1.165) is 5.06 Å². The Hall–Kier alpha value is -4.01. The molecule has 0 bridgehead atoms. The maximum atomic E-state index is 15.0. The molecule has 2 aliphatic heterocycles. The predicted octanol–water partition coefficient (Wildman–Crippen LogP) is 2.92. The quantitative estimate of drug-likeness (QED) is 0.545. The smallest absolute Gasteiger partial charge is 0.414 e. The van der Waals surface area contributed by atoms with E-state index in [-0.39, 0.29) is 43.6 Å². The number of amides is 3. The average molecular weight is 558 g/mol. The van der Waals surface area contributed by atoms with Crippen molar-refractivity contribution in [2.24, 2.45) is 0 Å². The number of thiazole rings is 1. The van der Waals surface area contributed by atoms with Crippen LogP contribution in [0.4, 0.5) is 39.3 Å². The maximum Gasteiger partial charge on any atom is 0.414 e. The zero-order valence-corrected chi connectivity index (χ0v) is 20.5. The number of alkyl halides is 2. The molecule has 12 nitrogen and oxygen atoms in total. The molecule has 3 heterocycles. The first-order chi connectivity index (χ1) is 18.2. The van der Waals surface area contributed by atoms with Gasteiger partial charge in [-0.25, -0.2) is 32.8 Å². The molecule has 0 unspecified atom stereocenters. The van der Waals surface area contributed by atoms with Gasteiger partial charge in [0.25, 0.3) is 6.43 Å². The van der Waals surface area contributed by atoms with Gasteiger partial charge < -0.3 is 9.64 Å². The van der Waals surface area contributed by atoms with Crippen molar-refractivity contribution in [3.05, 3.63) is 35.6 Å². The molecule has 0 aliphatic carbocycles. The van der Waals surface area contributed by atoms with Crippen LogP contribution in [-0.4, -0.2) is 79.4 Å². The standard InChI is InChI=1S/C21H22F3N5O5S.CO2/c22-15-11-13(28-12-14(34-21(28)32)2-4-17(30)18(23)24)1-3-16(15)27-6-7-29(33-9-8-27)20(31)26-19-25-5-10-35-19;2-1-3/h1,3,5,10-11,14,18H,2,4,6-9,12H2,(H,25,26,31);/t14-;/m0./s1. The lowest BCUT2D eigenvalue weighted by Gasteiger charge is -2.23. The lowest BCUT2D eigenvalue weighted by atomic mass is 10.1. The minimum Gasteiger partial charge on any atom is -0.444 e. The second-order valence-electron chi connectivity index (χ2n) is 7.83. The third-order valence-corrected chi connectivity index (χ3v) is 6.16. The summed E-state index contributed by atoms with van der Waals surface area (Å²) in [4.78, 5) is 64.3. The van der Waals surface area contributed by atoms with E-state index in [2.05, 4.69) is 10.3 Å². The summed E-state index contributed by atoms with van der Waals surface area (Å²) < 4.78 is 44.9. The number of Topliss-reactive ketones (excluding diaryl/α,β-unsaturated/α-hetero) is 1. The van der Waals surface area contributed by atoms with Gasteiger partial charge in [0.15, 0.2) is 10.9 Å². The van der Waals surface area contributed by atoms with Crippen LogP contribution < -0.4 is 15.1 Å². The molecular weight excluding hydrogens is 535 g/mol. The number of ether oxygens (including phenoxy) is 1. The van der Waals surface area contributed by atoms with Crippen LogP contribution in [0.3, 0.4) is 0 Å². The number of nitrogens with zero attached hydrogens (tertiary/aromatic N) is 4. The van der Waals surface area contributed by atoms with E-state index in [1.54, 1.807) is 22.5 Å². The summed E-state index contributed by atoms with van der Waals surface area (Å²) in [6, 6.07) is 3.76. The molecule has 1 atom stereocenters. The lowest BCUT2D eigenvalue weighted by molar-refractivity contribution is -0.191. The fourth-order valence-corrected chi connectivity index (χ4v) is 4.22. The molecule has 0 spiro atoms. The zero-order valence-electron chi connectivity index (χ0n) is 19.7. The largest absolute Gasteiger partial charge is 0.444 e. The number of halogens is 3. The Labute approximate surface area is 217 Å². The Morgan fingerprint density at radius 3 is 2.66 bits per heavy atom. The van der Waals surface area contributed by atoms with Crippen LogP contribution in [0.25, 0.3) is 0 Å². The van der Waals surface area contributed by atoms with Crippen molar-refractivity contribution in [1.29, 1.82) is 0 Å². The molecule has 1 N–H and O–H groups in total. The number of hydrogen-bond donors (Lipinski definition) is 1. The number of hydroxylamine groups is 2. The van der Waals surface area contributed by atoms with E-state index in [1.807, 2.05) is 0 Å². The third-order valence-electron chi connectivity index (χ3n) is 5.47. The summed E-state index contributed by atoms with van der Waals surface area (Å²) in [5.74, 6) is -1.80. The van der Waals surface area contributed by atoms with Crippen molar-refractivity contribution in [1.82, 2.24) is 10.0 Å². The normalized spacial score (nSPS) is 17.3. The van der Waals surface area contributed by atoms with Crippen LogP contribution in [0, 0.1) is 5.82 Å². The molecule has 4 rings (SSSR count). The molecular formula is C22H22F3N5O7S. The average Bonchev–Trinajstić information content (AvgIpc) is 3.45. The van der Waals surface area contributed by atoms with Gasteiger partial charge in [-0.3, -0.25) is 19.8 Å². The number of ketones is 1. The second kappa shape index (κ2) is 13.5. The summed E-state index contributed by atoms with van der Waals surface area (Å²) in [7, 11) is 0. The van der Waals surface area contributed by atoms with E-state index in [9.17, 15) is 23.2 Å². The van der Waals surface area contributed by atoms with Gasteiger partial charge >= 0.3 is 18.3 Å². The number of cyclic esters (lactones) is 1. The number of carbonyl (C=O) groups is 3. The predicted molar refractivity (Wildman–Crippen MR) is 125 cm³/mol. The van der Waals surface area contributed by atoms with E-state index < -0.39 is 42.7 Å². The molecule has 3 amide bonds. The molecule has 2 fully saturated rings. The highest BCUT2D eigenvalue weighted by molar-refractivity contribution is 7.13. The van der Waals surface area contributed by atoms with Crippen LogP contribution in [0.2, 0.25) is 0 Å². The number of benzene rings is 1. The molecule has 38 heavy (non-hydrogen) atoms. The summed E-state index contributed by atoms with van der Waals surface area (Å²) in [5, 5.41) is 5.94. The second-order valence-corrected chi connectivity index (χ2v) is 8.73. The van der Waals surface area contributed by atoms with E-state index in [4.69, 9.17) is 19.2 Å². The Balaban J connectivity index is 0.00000127. The van der Waals surface area contributed by atoms with Crippen LogP contribution in [0.1, 0.15) is 12.8 Å². The highest BCUT2D eigenvalue weighted by Crippen LogP contribution is 2.29. The number of aromatic nitrogens is 1. The highest BCUT2D eigenvalue weighted by Gasteiger charge is 2.34. The molecule has 2 aromatic rings. The summed E-state index contributed by atoms with van der Waals surface area (Å²) >= 11 is 1.27. The van der Waals surface area contributed by atoms with Crippen LogP contribution in [0.15, 0.2) is 29.8 Å². The van der Waals surface area contributed by atoms with Gasteiger partial charge in [-0.05, 0) is 24.6 Å². The summed E-state index contributed by atoms with van der Waals surface area (Å²) in [6.45, 7) is 0.964. The van der Waals surface area contributed by atoms with Crippen LogP contribution >= 0.6 is 11.3 Å². The van der Waals surface area contributed by atoms with Crippen molar-refractivity contribution >= 4 is 51.9 Å². The SMILES string of the molecule is O=C(CC[C@H]1CN(c2ccc(N3CCON(C(=O)Nc4nccs4)CC3)c(F)c2)C(=O)O1)C(F)F.O=C=O. The minimum atomic E-state index is -3.06. The van der Waals surface area contributed by atoms with E-state index >= 15 is 4.39 Å². The molecule has 0 radical (unpaired) electrons. The molecule has 0 saturated carbocycles. The lowest BCUT2D eigenvalue weighted by Crippen LogP contribution is -2.37. The fourth-order valence-electron chi connectivity index (χ4n) is 3.70. The molecule has 16 heteroatoms. The first-order valence-corrected chi connectivity index (χ1v) is 12.0. The first-order valence-electron chi connectivity index (χ1n) is 11.2. The molecule has 2 saturated heterocycles. The van der Waals surface area contributed by atoms with Gasteiger partial charge in [-0.1, -0.05) is 0 Å². The highest BCUT2D eigenvalue weighted by atomic mass is 32.1. The first kappa shape index (κ1) is 28.6. The van der Waals surface area contributed by atoms with Crippen molar-refractivity contribution in [2.75, 3.05) is 47.9 Å². The third kappa shape index (κ3) is 7.50. The summed E-state index contributed by atoms with van der Waals surface area (Å²) in [5.41, 5.74) is 0.514.